The summed E-state index contributed by atoms with van der Waals surface area (Å²) < 4.78 is 0. The maximum atomic E-state index is 12.3. The van der Waals surface area contributed by atoms with Crippen LogP contribution < -0.4 is 5.32 Å². The van der Waals surface area contributed by atoms with Gasteiger partial charge in [0.05, 0.1) is 6.42 Å². The van der Waals surface area contributed by atoms with E-state index in [2.05, 4.69) is 5.32 Å². The molecular formula is C18H27NO3. The molecule has 1 amide bonds. The van der Waals surface area contributed by atoms with E-state index in [4.69, 9.17) is 5.11 Å². The van der Waals surface area contributed by atoms with Crippen molar-refractivity contribution in [2.45, 2.75) is 58.9 Å². The maximum Gasteiger partial charge on any atom is 0.305 e. The number of hydrogen-bond donors (Lipinski definition) is 2. The summed E-state index contributed by atoms with van der Waals surface area (Å²) in [6.45, 7) is 9.70. The van der Waals surface area contributed by atoms with Crippen LogP contribution in [0.1, 0.15) is 57.6 Å². The van der Waals surface area contributed by atoms with E-state index in [0.29, 0.717) is 6.42 Å². The highest BCUT2D eigenvalue weighted by atomic mass is 16.4. The molecule has 0 fully saturated rings. The molecule has 0 aromatic heterocycles. The highest BCUT2D eigenvalue weighted by molar-refractivity contribution is 5.79. The maximum absolute atomic E-state index is 12.3. The van der Waals surface area contributed by atoms with Crippen LogP contribution in [0.15, 0.2) is 24.3 Å². The summed E-state index contributed by atoms with van der Waals surface area (Å²) in [6.07, 6.45) is 0.280. The fourth-order valence-electron chi connectivity index (χ4n) is 2.60. The van der Waals surface area contributed by atoms with E-state index in [1.807, 2.05) is 52.0 Å². The van der Waals surface area contributed by atoms with Crippen LogP contribution in [0.3, 0.4) is 0 Å². The normalized spacial score (nSPS) is 15.2. The SMILES string of the molecule is Cc1ccccc1C(C)CC(=O)NC(C)(CC(=O)O)C(C)C. The Labute approximate surface area is 132 Å². The summed E-state index contributed by atoms with van der Waals surface area (Å²) in [7, 11) is 0. The van der Waals surface area contributed by atoms with Crippen molar-refractivity contribution in [2.24, 2.45) is 5.92 Å². The van der Waals surface area contributed by atoms with E-state index in [0.717, 1.165) is 5.56 Å². The molecule has 2 atom stereocenters. The first-order chi connectivity index (χ1) is 10.2. The third-order valence-electron chi connectivity index (χ3n) is 4.43. The Balaban J connectivity index is 2.76. The van der Waals surface area contributed by atoms with Crippen LogP contribution in [0.25, 0.3) is 0 Å². The predicted molar refractivity (Wildman–Crippen MR) is 87.8 cm³/mol. The molecule has 0 saturated heterocycles. The number of rotatable bonds is 7. The first-order valence-electron chi connectivity index (χ1n) is 7.74. The van der Waals surface area contributed by atoms with Crippen molar-refractivity contribution in [3.05, 3.63) is 35.4 Å². The Morgan fingerprint density at radius 3 is 2.32 bits per heavy atom. The number of amides is 1. The van der Waals surface area contributed by atoms with Gasteiger partial charge in [0.15, 0.2) is 0 Å². The summed E-state index contributed by atoms with van der Waals surface area (Å²) in [5.74, 6) is -0.861. The van der Waals surface area contributed by atoms with Crippen LogP contribution in [0, 0.1) is 12.8 Å². The van der Waals surface area contributed by atoms with E-state index in [-0.39, 0.29) is 24.2 Å². The monoisotopic (exact) mass is 305 g/mol. The molecule has 1 aromatic carbocycles. The average Bonchev–Trinajstić information content (AvgIpc) is 2.37. The standard InChI is InChI=1S/C18H27NO3/c1-12(2)18(5,11-17(21)22)19-16(20)10-14(4)15-9-7-6-8-13(15)3/h6-9,12,14H,10-11H2,1-5H3,(H,19,20)(H,21,22). The number of carbonyl (C=O) groups excluding carboxylic acids is 1. The largest absolute Gasteiger partial charge is 0.481 e. The first-order valence-corrected chi connectivity index (χ1v) is 7.74. The number of benzene rings is 1. The molecule has 0 aliphatic heterocycles. The molecular weight excluding hydrogens is 278 g/mol. The fraction of sp³-hybridized carbons (Fsp3) is 0.556. The fourth-order valence-corrected chi connectivity index (χ4v) is 2.60. The lowest BCUT2D eigenvalue weighted by Crippen LogP contribution is -2.51. The second kappa shape index (κ2) is 7.43. The van der Waals surface area contributed by atoms with Gasteiger partial charge < -0.3 is 10.4 Å². The van der Waals surface area contributed by atoms with Crippen molar-refractivity contribution in [3.8, 4) is 0 Å². The first kappa shape index (κ1) is 18.2. The third-order valence-corrected chi connectivity index (χ3v) is 4.43. The number of aliphatic carboxylic acids is 1. The second-order valence-corrected chi connectivity index (χ2v) is 6.65. The summed E-state index contributed by atoms with van der Waals surface area (Å²) in [5, 5.41) is 12.0. The zero-order valence-electron chi connectivity index (χ0n) is 14.1. The van der Waals surface area contributed by atoms with E-state index in [1.165, 1.54) is 5.56 Å². The lowest BCUT2D eigenvalue weighted by molar-refractivity contribution is -0.139. The molecule has 0 spiro atoms. The van der Waals surface area contributed by atoms with Gasteiger partial charge in [0.2, 0.25) is 5.91 Å². The zero-order valence-corrected chi connectivity index (χ0v) is 14.1. The number of nitrogens with one attached hydrogen (secondary N) is 1. The number of carboxylic acid groups (broad SMARTS) is 1. The van der Waals surface area contributed by atoms with Gasteiger partial charge in [-0.1, -0.05) is 45.0 Å². The Kier molecular flexibility index (Phi) is 6.15. The summed E-state index contributed by atoms with van der Waals surface area (Å²) in [5.41, 5.74) is 1.59. The molecule has 4 heteroatoms. The van der Waals surface area contributed by atoms with Gasteiger partial charge in [-0.2, -0.15) is 0 Å². The number of hydrogen-bond acceptors (Lipinski definition) is 2. The smallest absolute Gasteiger partial charge is 0.305 e. The molecule has 0 radical (unpaired) electrons. The van der Waals surface area contributed by atoms with E-state index in [9.17, 15) is 9.59 Å². The molecule has 0 heterocycles. The topological polar surface area (TPSA) is 66.4 Å². The van der Waals surface area contributed by atoms with E-state index >= 15 is 0 Å². The Morgan fingerprint density at radius 2 is 1.82 bits per heavy atom. The van der Waals surface area contributed by atoms with Gasteiger partial charge in [-0.05, 0) is 36.8 Å². The van der Waals surface area contributed by atoms with E-state index in [1.54, 1.807) is 6.92 Å². The third kappa shape index (κ3) is 4.86. The lowest BCUT2D eigenvalue weighted by atomic mass is 9.84. The van der Waals surface area contributed by atoms with Crippen molar-refractivity contribution < 1.29 is 14.7 Å². The minimum absolute atomic E-state index is 0.0429. The van der Waals surface area contributed by atoms with Crippen LogP contribution in [0.5, 0.6) is 0 Å². The highest BCUT2D eigenvalue weighted by Crippen LogP contribution is 2.25. The van der Waals surface area contributed by atoms with Gasteiger partial charge in [-0.15, -0.1) is 0 Å². The molecule has 0 aliphatic carbocycles. The highest BCUT2D eigenvalue weighted by Gasteiger charge is 2.33. The van der Waals surface area contributed by atoms with Crippen molar-refractivity contribution in [2.75, 3.05) is 0 Å². The van der Waals surface area contributed by atoms with Crippen molar-refractivity contribution in [1.82, 2.24) is 5.32 Å². The van der Waals surface area contributed by atoms with Crippen LogP contribution in [0.4, 0.5) is 0 Å². The molecule has 1 rings (SSSR count). The van der Waals surface area contributed by atoms with Crippen LogP contribution in [-0.4, -0.2) is 22.5 Å². The minimum atomic E-state index is -0.900. The zero-order chi connectivity index (χ0) is 16.9. The lowest BCUT2D eigenvalue weighted by Gasteiger charge is -2.34. The summed E-state index contributed by atoms with van der Waals surface area (Å²) in [6, 6.07) is 8.02. The molecule has 1 aromatic rings. The van der Waals surface area contributed by atoms with Gasteiger partial charge in [0.25, 0.3) is 0 Å². The molecule has 22 heavy (non-hydrogen) atoms. The Morgan fingerprint density at radius 1 is 1.23 bits per heavy atom. The van der Waals surface area contributed by atoms with Crippen LogP contribution in [0.2, 0.25) is 0 Å². The number of carboxylic acids is 1. The van der Waals surface area contributed by atoms with Gasteiger partial charge in [0.1, 0.15) is 0 Å². The van der Waals surface area contributed by atoms with Gasteiger partial charge in [-0.25, -0.2) is 0 Å². The molecule has 0 saturated carbocycles. The van der Waals surface area contributed by atoms with Crippen LogP contribution >= 0.6 is 0 Å². The summed E-state index contributed by atoms with van der Waals surface area (Å²) in [4.78, 5) is 23.4. The average molecular weight is 305 g/mol. The number of aryl methyl sites for hydroxylation is 1. The quantitative estimate of drug-likeness (QED) is 0.810. The minimum Gasteiger partial charge on any atom is -0.481 e. The molecule has 0 bridgehead atoms. The van der Waals surface area contributed by atoms with Crippen molar-refractivity contribution in [3.63, 3.8) is 0 Å². The second-order valence-electron chi connectivity index (χ2n) is 6.65. The van der Waals surface area contributed by atoms with Crippen molar-refractivity contribution in [1.29, 1.82) is 0 Å². The molecule has 0 aliphatic rings. The summed E-state index contributed by atoms with van der Waals surface area (Å²) >= 11 is 0. The molecule has 4 nitrogen and oxygen atoms in total. The predicted octanol–water partition coefficient (Wildman–Crippen LogP) is 3.49. The van der Waals surface area contributed by atoms with Gasteiger partial charge in [-0.3, -0.25) is 9.59 Å². The van der Waals surface area contributed by atoms with E-state index < -0.39 is 11.5 Å². The Bertz CT molecular complexity index is 539. The van der Waals surface area contributed by atoms with Crippen LogP contribution in [-0.2, 0) is 9.59 Å². The molecule has 2 unspecified atom stereocenters. The number of carbonyl (C=O) groups is 2. The van der Waals surface area contributed by atoms with Gasteiger partial charge >= 0.3 is 5.97 Å². The van der Waals surface area contributed by atoms with Gasteiger partial charge in [0, 0.05) is 12.0 Å². The Hall–Kier alpha value is -1.84. The molecule has 122 valence electrons. The van der Waals surface area contributed by atoms with Crippen molar-refractivity contribution >= 4 is 11.9 Å². The molecule has 2 N–H and O–H groups in total.